The summed E-state index contributed by atoms with van der Waals surface area (Å²) in [6.07, 6.45) is 2.15. The van der Waals surface area contributed by atoms with E-state index in [9.17, 15) is 19.7 Å². The number of amides is 2. The summed E-state index contributed by atoms with van der Waals surface area (Å²) in [5.41, 5.74) is 0.435. The van der Waals surface area contributed by atoms with Crippen molar-refractivity contribution < 1.29 is 19.2 Å². The van der Waals surface area contributed by atoms with E-state index in [4.69, 9.17) is 4.74 Å². The summed E-state index contributed by atoms with van der Waals surface area (Å²) in [7, 11) is 0. The lowest BCUT2D eigenvalue weighted by Gasteiger charge is -2.16. The van der Waals surface area contributed by atoms with E-state index in [0.717, 1.165) is 6.42 Å². The summed E-state index contributed by atoms with van der Waals surface area (Å²) >= 11 is 0. The van der Waals surface area contributed by atoms with Gasteiger partial charge in [0.25, 0.3) is 11.6 Å². The van der Waals surface area contributed by atoms with Crippen LogP contribution in [0.5, 0.6) is 5.75 Å². The van der Waals surface area contributed by atoms with Gasteiger partial charge in [-0.2, -0.15) is 0 Å². The van der Waals surface area contributed by atoms with E-state index in [2.05, 4.69) is 15.6 Å². The Bertz CT molecular complexity index is 901. The number of anilines is 2. The minimum absolute atomic E-state index is 0.0845. The molecule has 0 saturated carbocycles. The number of rotatable bonds is 10. The molecular weight excluding hydrogens is 390 g/mol. The number of hydrogen-bond acceptors (Lipinski definition) is 8. The number of ether oxygens (including phenoxy) is 1. The molecule has 0 radical (unpaired) electrons. The first kappa shape index (κ1) is 21.2. The van der Waals surface area contributed by atoms with Crippen molar-refractivity contribution in [3.63, 3.8) is 0 Å². The summed E-state index contributed by atoms with van der Waals surface area (Å²) in [6.45, 7) is 3.48. The van der Waals surface area contributed by atoms with E-state index in [1.165, 1.54) is 23.2 Å². The molecule has 1 aliphatic rings. The van der Waals surface area contributed by atoms with Gasteiger partial charge in [-0.3, -0.25) is 19.7 Å². The number of nitrogens with one attached hydrogen (secondary N) is 2. The number of nitrogens with zero attached hydrogens (tertiary/aromatic N) is 3. The average Bonchev–Trinajstić information content (AvgIpc) is 3.03. The van der Waals surface area contributed by atoms with Gasteiger partial charge in [-0.05, 0) is 36.8 Å². The molecule has 2 heterocycles. The zero-order valence-electron chi connectivity index (χ0n) is 16.5. The third-order valence-corrected chi connectivity index (χ3v) is 4.49. The van der Waals surface area contributed by atoms with Crippen LogP contribution >= 0.6 is 0 Å². The van der Waals surface area contributed by atoms with Gasteiger partial charge >= 0.3 is 0 Å². The minimum Gasteiger partial charge on any atom is -0.494 e. The number of hydrogen-bond donors (Lipinski definition) is 2. The lowest BCUT2D eigenvalue weighted by molar-refractivity contribution is -0.385. The molecule has 0 spiro atoms. The molecule has 1 aromatic carbocycles. The highest BCUT2D eigenvalue weighted by Crippen LogP contribution is 2.25. The fourth-order valence-electron chi connectivity index (χ4n) is 3.01. The lowest BCUT2D eigenvalue weighted by atomic mass is 10.2. The maximum absolute atomic E-state index is 12.7. The largest absolute Gasteiger partial charge is 0.494 e. The second-order valence-electron chi connectivity index (χ2n) is 6.71. The second-order valence-corrected chi connectivity index (χ2v) is 6.71. The quantitative estimate of drug-likeness (QED) is 0.262. The van der Waals surface area contributed by atoms with E-state index in [0.29, 0.717) is 37.0 Å². The predicted molar refractivity (Wildman–Crippen MR) is 111 cm³/mol. The minimum atomic E-state index is -0.597. The summed E-state index contributed by atoms with van der Waals surface area (Å²) in [6, 6.07) is 9.16. The van der Waals surface area contributed by atoms with Crippen molar-refractivity contribution in [2.75, 3.05) is 29.9 Å². The van der Waals surface area contributed by atoms with Crippen LogP contribution < -0.4 is 20.3 Å². The number of carbonyl (C=O) groups is 2. The van der Waals surface area contributed by atoms with Gasteiger partial charge in [0.1, 0.15) is 17.8 Å². The molecular formula is C20H23N5O5. The van der Waals surface area contributed by atoms with Crippen LogP contribution in [0.2, 0.25) is 0 Å². The van der Waals surface area contributed by atoms with Crippen LogP contribution in [-0.4, -0.2) is 47.5 Å². The Morgan fingerprint density at radius 3 is 2.60 bits per heavy atom. The Morgan fingerprint density at radius 2 is 1.97 bits per heavy atom. The molecule has 1 saturated heterocycles. The number of imide groups is 1. The Balaban J connectivity index is 1.49. The average molecular weight is 413 g/mol. The lowest BCUT2D eigenvalue weighted by Crippen LogP contribution is -2.40. The zero-order valence-corrected chi connectivity index (χ0v) is 16.5. The molecule has 1 aliphatic heterocycles. The van der Waals surface area contributed by atoms with Gasteiger partial charge in [0.2, 0.25) is 5.91 Å². The van der Waals surface area contributed by atoms with Crippen molar-refractivity contribution >= 4 is 29.0 Å². The number of carbonyl (C=O) groups excluding carboxylic acids is 2. The Labute approximate surface area is 173 Å². The van der Waals surface area contributed by atoms with Crippen LogP contribution in [0.25, 0.3) is 0 Å². The summed E-state index contributed by atoms with van der Waals surface area (Å²) in [5, 5.41) is 16.7. The molecule has 2 N–H and O–H groups in total. The molecule has 10 heteroatoms. The van der Waals surface area contributed by atoms with Crippen LogP contribution in [0.4, 0.5) is 17.2 Å². The van der Waals surface area contributed by atoms with Gasteiger partial charge < -0.3 is 15.4 Å². The molecule has 1 aromatic heterocycles. The van der Waals surface area contributed by atoms with Gasteiger partial charge in [-0.25, -0.2) is 9.88 Å². The Kier molecular flexibility index (Phi) is 6.91. The highest BCUT2D eigenvalue weighted by Gasteiger charge is 2.39. The molecule has 2 aromatic rings. The smallest absolute Gasteiger partial charge is 0.287 e. The van der Waals surface area contributed by atoms with E-state index < -0.39 is 11.0 Å². The highest BCUT2D eigenvalue weighted by atomic mass is 16.6. The maximum atomic E-state index is 12.7. The van der Waals surface area contributed by atoms with Crippen molar-refractivity contribution in [3.8, 4) is 5.75 Å². The van der Waals surface area contributed by atoms with E-state index in [1.54, 1.807) is 24.3 Å². The SMILES string of the molecule is CCCOc1ccc(N2C(=O)C[C@@H](NCCNc3ccc([N+](=O)[O-])cn3)C2=O)cc1. The molecule has 0 aliphatic carbocycles. The number of pyridine rings is 1. The Hall–Kier alpha value is -3.53. The Morgan fingerprint density at radius 1 is 1.20 bits per heavy atom. The molecule has 0 bridgehead atoms. The number of aromatic nitrogens is 1. The van der Waals surface area contributed by atoms with Crippen molar-refractivity contribution in [1.29, 1.82) is 0 Å². The van der Waals surface area contributed by atoms with Crippen LogP contribution in [0.15, 0.2) is 42.6 Å². The number of nitro groups is 1. The third kappa shape index (κ3) is 5.09. The summed E-state index contributed by atoms with van der Waals surface area (Å²) in [4.78, 5) is 40.3. The molecule has 1 atom stereocenters. The summed E-state index contributed by atoms with van der Waals surface area (Å²) in [5.74, 6) is 0.629. The zero-order chi connectivity index (χ0) is 21.5. The molecule has 1 fully saturated rings. The van der Waals surface area contributed by atoms with Crippen LogP contribution in [0, 0.1) is 10.1 Å². The highest BCUT2D eigenvalue weighted by molar-refractivity contribution is 6.22. The van der Waals surface area contributed by atoms with Crippen molar-refractivity contribution in [2.45, 2.75) is 25.8 Å². The molecule has 10 nitrogen and oxygen atoms in total. The van der Waals surface area contributed by atoms with Crippen LogP contribution in [0.3, 0.4) is 0 Å². The standard InChI is InChI=1S/C20H23N5O5/c1-2-11-30-16-6-3-14(4-7-16)24-19(26)12-17(20(24)27)21-9-10-22-18-8-5-15(13-23-18)25(28)29/h3-8,13,17,21H,2,9-12H2,1H3,(H,22,23)/t17-/m1/s1. The van der Waals surface area contributed by atoms with E-state index in [1.807, 2.05) is 6.92 Å². The van der Waals surface area contributed by atoms with Crippen molar-refractivity contribution in [3.05, 3.63) is 52.7 Å². The summed E-state index contributed by atoms with van der Waals surface area (Å²) < 4.78 is 5.52. The molecule has 0 unspecified atom stereocenters. The normalized spacial score (nSPS) is 16.0. The predicted octanol–water partition coefficient (Wildman–Crippen LogP) is 2.11. The first-order chi connectivity index (χ1) is 14.5. The number of benzene rings is 1. The van der Waals surface area contributed by atoms with Crippen molar-refractivity contribution in [1.82, 2.24) is 10.3 Å². The fraction of sp³-hybridized carbons (Fsp3) is 0.350. The molecule has 2 amide bonds. The third-order valence-electron chi connectivity index (χ3n) is 4.49. The van der Waals surface area contributed by atoms with Crippen LogP contribution in [-0.2, 0) is 9.59 Å². The van der Waals surface area contributed by atoms with Gasteiger partial charge in [0.05, 0.1) is 29.7 Å². The first-order valence-electron chi connectivity index (χ1n) is 9.67. The van der Waals surface area contributed by atoms with Gasteiger partial charge in [-0.1, -0.05) is 6.92 Å². The first-order valence-corrected chi connectivity index (χ1v) is 9.67. The maximum Gasteiger partial charge on any atom is 0.287 e. The second kappa shape index (κ2) is 9.79. The van der Waals surface area contributed by atoms with Gasteiger partial charge in [-0.15, -0.1) is 0 Å². The molecule has 30 heavy (non-hydrogen) atoms. The fourth-order valence-corrected chi connectivity index (χ4v) is 3.01. The monoisotopic (exact) mass is 413 g/mol. The van der Waals surface area contributed by atoms with Crippen molar-refractivity contribution in [2.24, 2.45) is 0 Å². The molecule has 158 valence electrons. The van der Waals surface area contributed by atoms with Crippen LogP contribution in [0.1, 0.15) is 19.8 Å². The van der Waals surface area contributed by atoms with Gasteiger partial charge in [0.15, 0.2) is 0 Å². The van der Waals surface area contributed by atoms with Gasteiger partial charge in [0, 0.05) is 19.2 Å². The molecule has 3 rings (SSSR count). The van der Waals surface area contributed by atoms with E-state index >= 15 is 0 Å². The van der Waals surface area contributed by atoms with E-state index in [-0.39, 0.29) is 23.9 Å². The topological polar surface area (TPSA) is 127 Å².